The number of anilines is 1. The topological polar surface area (TPSA) is 78.9 Å². The normalized spacial score (nSPS) is 16.8. The van der Waals surface area contributed by atoms with Gasteiger partial charge in [0.15, 0.2) is 0 Å². The van der Waals surface area contributed by atoms with E-state index in [1.54, 1.807) is 12.4 Å². The standard InChI is InChI=1S/C13H21N5/c1-2-3-10-4-6-18(7-5-10)12-9-16-11(8-17-12)13(14)15/h8-10H,2-7H2,1H3,(H3,14,15). The first-order valence-corrected chi connectivity index (χ1v) is 6.62. The first kappa shape index (κ1) is 12.8. The second kappa shape index (κ2) is 5.80. The summed E-state index contributed by atoms with van der Waals surface area (Å²) in [5.41, 5.74) is 5.81. The van der Waals surface area contributed by atoms with Crippen molar-refractivity contribution in [3.63, 3.8) is 0 Å². The average Bonchev–Trinajstić information content (AvgIpc) is 2.40. The van der Waals surface area contributed by atoms with Gasteiger partial charge in [0.1, 0.15) is 17.3 Å². The van der Waals surface area contributed by atoms with Gasteiger partial charge in [-0.3, -0.25) is 5.41 Å². The number of nitrogens with zero attached hydrogens (tertiary/aromatic N) is 3. The summed E-state index contributed by atoms with van der Waals surface area (Å²) >= 11 is 0. The number of hydrogen-bond acceptors (Lipinski definition) is 4. The monoisotopic (exact) mass is 247 g/mol. The summed E-state index contributed by atoms with van der Waals surface area (Å²) in [5.74, 6) is 1.74. The summed E-state index contributed by atoms with van der Waals surface area (Å²) in [6, 6.07) is 0. The van der Waals surface area contributed by atoms with Crippen LogP contribution in [0.1, 0.15) is 38.3 Å². The summed E-state index contributed by atoms with van der Waals surface area (Å²) < 4.78 is 0. The number of aromatic nitrogens is 2. The molecule has 1 aliphatic rings. The van der Waals surface area contributed by atoms with Gasteiger partial charge >= 0.3 is 0 Å². The van der Waals surface area contributed by atoms with E-state index in [0.29, 0.717) is 5.69 Å². The van der Waals surface area contributed by atoms with Gasteiger partial charge in [-0.1, -0.05) is 19.8 Å². The maximum atomic E-state index is 7.28. The first-order chi connectivity index (χ1) is 8.70. The number of nitrogens with two attached hydrogens (primary N) is 1. The SMILES string of the molecule is CCCC1CCN(c2cnc(C(=N)N)cn2)CC1. The predicted octanol–water partition coefficient (Wildman–Crippen LogP) is 1.78. The molecule has 1 aromatic heterocycles. The Labute approximate surface area is 108 Å². The van der Waals surface area contributed by atoms with Crippen molar-refractivity contribution in [3.05, 3.63) is 18.1 Å². The van der Waals surface area contributed by atoms with Crippen molar-refractivity contribution < 1.29 is 0 Å². The third kappa shape index (κ3) is 2.97. The lowest BCUT2D eigenvalue weighted by Gasteiger charge is -2.32. The Morgan fingerprint density at radius 3 is 2.61 bits per heavy atom. The number of hydrogen-bond donors (Lipinski definition) is 2. The molecule has 18 heavy (non-hydrogen) atoms. The summed E-state index contributed by atoms with van der Waals surface area (Å²) in [6.45, 7) is 4.36. The molecule has 2 heterocycles. The van der Waals surface area contributed by atoms with Crippen molar-refractivity contribution in [2.24, 2.45) is 11.7 Å². The number of piperidine rings is 1. The highest BCUT2D eigenvalue weighted by molar-refractivity contribution is 5.92. The van der Waals surface area contributed by atoms with Crippen molar-refractivity contribution in [1.82, 2.24) is 9.97 Å². The Hall–Kier alpha value is -1.65. The van der Waals surface area contributed by atoms with Gasteiger partial charge in [0.25, 0.3) is 0 Å². The second-order valence-electron chi connectivity index (χ2n) is 4.89. The van der Waals surface area contributed by atoms with E-state index in [9.17, 15) is 0 Å². The van der Waals surface area contributed by atoms with Crippen LogP contribution in [0.2, 0.25) is 0 Å². The molecule has 0 aromatic carbocycles. The molecule has 0 amide bonds. The number of amidine groups is 1. The molecular formula is C13H21N5. The van der Waals surface area contributed by atoms with E-state index in [1.165, 1.54) is 25.7 Å². The van der Waals surface area contributed by atoms with Crippen molar-refractivity contribution >= 4 is 11.7 Å². The summed E-state index contributed by atoms with van der Waals surface area (Å²) in [7, 11) is 0. The molecule has 1 fully saturated rings. The van der Waals surface area contributed by atoms with E-state index in [4.69, 9.17) is 11.1 Å². The van der Waals surface area contributed by atoms with Crippen molar-refractivity contribution in [1.29, 1.82) is 5.41 Å². The van der Waals surface area contributed by atoms with E-state index in [2.05, 4.69) is 21.8 Å². The lowest BCUT2D eigenvalue weighted by Crippen LogP contribution is -2.34. The zero-order chi connectivity index (χ0) is 13.0. The fraction of sp³-hybridized carbons (Fsp3) is 0.615. The van der Waals surface area contributed by atoms with Crippen LogP contribution in [0.3, 0.4) is 0 Å². The van der Waals surface area contributed by atoms with Crippen LogP contribution in [-0.2, 0) is 0 Å². The van der Waals surface area contributed by atoms with Gasteiger partial charge in [-0.05, 0) is 18.8 Å². The minimum Gasteiger partial charge on any atom is -0.382 e. The lowest BCUT2D eigenvalue weighted by atomic mass is 9.92. The molecule has 0 spiro atoms. The van der Waals surface area contributed by atoms with Crippen molar-refractivity contribution in [3.8, 4) is 0 Å². The second-order valence-corrected chi connectivity index (χ2v) is 4.89. The molecule has 1 aliphatic heterocycles. The Kier molecular flexibility index (Phi) is 4.12. The van der Waals surface area contributed by atoms with Crippen LogP contribution in [0.4, 0.5) is 5.82 Å². The molecule has 5 heteroatoms. The summed E-state index contributed by atoms with van der Waals surface area (Å²) in [5, 5.41) is 7.28. The maximum Gasteiger partial charge on any atom is 0.147 e. The fourth-order valence-electron chi connectivity index (χ4n) is 2.48. The van der Waals surface area contributed by atoms with Crippen LogP contribution in [0.25, 0.3) is 0 Å². The number of nitrogens with one attached hydrogen (secondary N) is 1. The number of nitrogen functional groups attached to an aromatic ring is 1. The van der Waals surface area contributed by atoms with Crippen LogP contribution >= 0.6 is 0 Å². The molecule has 3 N–H and O–H groups in total. The molecule has 0 saturated carbocycles. The zero-order valence-corrected chi connectivity index (χ0v) is 10.9. The quantitative estimate of drug-likeness (QED) is 0.628. The fourth-order valence-corrected chi connectivity index (χ4v) is 2.48. The minimum atomic E-state index is -0.0318. The Balaban J connectivity index is 1.95. The van der Waals surface area contributed by atoms with E-state index in [0.717, 1.165) is 24.8 Å². The Morgan fingerprint density at radius 2 is 2.11 bits per heavy atom. The van der Waals surface area contributed by atoms with Crippen molar-refractivity contribution in [2.75, 3.05) is 18.0 Å². The molecule has 0 aliphatic carbocycles. The predicted molar refractivity (Wildman–Crippen MR) is 72.9 cm³/mol. The third-order valence-electron chi connectivity index (χ3n) is 3.55. The highest BCUT2D eigenvalue weighted by atomic mass is 15.2. The summed E-state index contributed by atoms with van der Waals surface area (Å²) in [4.78, 5) is 10.8. The molecular weight excluding hydrogens is 226 g/mol. The van der Waals surface area contributed by atoms with Gasteiger partial charge < -0.3 is 10.6 Å². The van der Waals surface area contributed by atoms with E-state index < -0.39 is 0 Å². The molecule has 1 aromatic rings. The van der Waals surface area contributed by atoms with Gasteiger partial charge in [0, 0.05) is 13.1 Å². The van der Waals surface area contributed by atoms with Gasteiger partial charge in [-0.25, -0.2) is 9.97 Å². The van der Waals surface area contributed by atoms with Crippen LogP contribution in [0.5, 0.6) is 0 Å². The molecule has 98 valence electrons. The van der Waals surface area contributed by atoms with Gasteiger partial charge in [0.05, 0.1) is 12.4 Å². The Bertz CT molecular complexity index is 392. The molecule has 1 saturated heterocycles. The smallest absolute Gasteiger partial charge is 0.147 e. The molecule has 0 atom stereocenters. The molecule has 5 nitrogen and oxygen atoms in total. The minimum absolute atomic E-state index is 0.0318. The van der Waals surface area contributed by atoms with E-state index >= 15 is 0 Å². The van der Waals surface area contributed by atoms with Crippen LogP contribution in [0.15, 0.2) is 12.4 Å². The van der Waals surface area contributed by atoms with Gasteiger partial charge in [-0.2, -0.15) is 0 Å². The highest BCUT2D eigenvalue weighted by Crippen LogP contribution is 2.24. The highest BCUT2D eigenvalue weighted by Gasteiger charge is 2.19. The van der Waals surface area contributed by atoms with Gasteiger partial charge in [-0.15, -0.1) is 0 Å². The zero-order valence-electron chi connectivity index (χ0n) is 10.9. The molecule has 2 rings (SSSR count). The molecule has 0 bridgehead atoms. The van der Waals surface area contributed by atoms with Crippen LogP contribution in [0, 0.1) is 11.3 Å². The average molecular weight is 247 g/mol. The number of rotatable bonds is 4. The van der Waals surface area contributed by atoms with E-state index in [1.807, 2.05) is 0 Å². The maximum absolute atomic E-state index is 7.28. The molecule has 0 radical (unpaired) electrons. The Morgan fingerprint density at radius 1 is 1.39 bits per heavy atom. The van der Waals surface area contributed by atoms with Crippen molar-refractivity contribution in [2.45, 2.75) is 32.6 Å². The van der Waals surface area contributed by atoms with Crippen LogP contribution in [-0.4, -0.2) is 28.9 Å². The lowest BCUT2D eigenvalue weighted by molar-refractivity contribution is 0.377. The van der Waals surface area contributed by atoms with E-state index in [-0.39, 0.29) is 5.84 Å². The third-order valence-corrected chi connectivity index (χ3v) is 3.55. The van der Waals surface area contributed by atoms with Gasteiger partial charge in [0.2, 0.25) is 0 Å². The van der Waals surface area contributed by atoms with Crippen LogP contribution < -0.4 is 10.6 Å². The largest absolute Gasteiger partial charge is 0.382 e. The molecule has 0 unspecified atom stereocenters. The summed E-state index contributed by atoms with van der Waals surface area (Å²) in [6.07, 6.45) is 8.39. The first-order valence-electron chi connectivity index (χ1n) is 6.62.